The van der Waals surface area contributed by atoms with Crippen LogP contribution in [0.15, 0.2) is 12.4 Å². The Morgan fingerprint density at radius 1 is 1.46 bits per heavy atom. The fourth-order valence-electron chi connectivity index (χ4n) is 1.59. The Labute approximate surface area is 82.8 Å². The van der Waals surface area contributed by atoms with Gasteiger partial charge in [-0.1, -0.05) is 18.5 Å². The zero-order chi connectivity index (χ0) is 9.26. The van der Waals surface area contributed by atoms with Crippen LogP contribution in [0.3, 0.4) is 0 Å². The molecule has 0 amide bonds. The Morgan fingerprint density at radius 2 is 2.15 bits per heavy atom. The van der Waals surface area contributed by atoms with Crippen LogP contribution in [0.5, 0.6) is 0 Å². The lowest BCUT2D eigenvalue weighted by atomic mass is 10.2. The Kier molecular flexibility index (Phi) is 2.36. The Bertz CT molecular complexity index is 285. The van der Waals surface area contributed by atoms with E-state index in [0.29, 0.717) is 5.02 Å². The van der Waals surface area contributed by atoms with Crippen LogP contribution in [0.1, 0.15) is 13.3 Å². The maximum absolute atomic E-state index is 5.70. The average Bonchev–Trinajstić information content (AvgIpc) is 2.53. The lowest BCUT2D eigenvalue weighted by Crippen LogP contribution is -2.21. The van der Waals surface area contributed by atoms with Crippen molar-refractivity contribution >= 4 is 17.5 Å². The van der Waals surface area contributed by atoms with Gasteiger partial charge in [0.15, 0.2) is 0 Å². The third-order valence-corrected chi connectivity index (χ3v) is 2.51. The van der Waals surface area contributed by atoms with Gasteiger partial charge >= 0.3 is 0 Å². The van der Waals surface area contributed by atoms with Crippen LogP contribution in [0.4, 0.5) is 5.95 Å². The van der Waals surface area contributed by atoms with Crippen LogP contribution in [0, 0.1) is 5.92 Å². The normalized spacial score (nSPS) is 22.3. The molecule has 0 saturated carbocycles. The zero-order valence-electron chi connectivity index (χ0n) is 7.57. The molecule has 70 valence electrons. The van der Waals surface area contributed by atoms with E-state index in [-0.39, 0.29) is 0 Å². The minimum atomic E-state index is 0.594. The van der Waals surface area contributed by atoms with Gasteiger partial charge in [0.1, 0.15) is 0 Å². The molecule has 0 aliphatic carbocycles. The second-order valence-electron chi connectivity index (χ2n) is 3.54. The number of aromatic nitrogens is 2. The fourth-order valence-corrected chi connectivity index (χ4v) is 1.68. The Morgan fingerprint density at radius 3 is 2.69 bits per heavy atom. The minimum Gasteiger partial charge on any atom is -0.341 e. The highest BCUT2D eigenvalue weighted by atomic mass is 35.5. The van der Waals surface area contributed by atoms with Crippen molar-refractivity contribution in [1.29, 1.82) is 0 Å². The van der Waals surface area contributed by atoms with E-state index in [0.717, 1.165) is 25.0 Å². The van der Waals surface area contributed by atoms with Gasteiger partial charge in [-0.15, -0.1) is 0 Å². The number of anilines is 1. The molecule has 4 heteroatoms. The first-order chi connectivity index (χ1) is 6.25. The molecule has 0 bridgehead atoms. The largest absolute Gasteiger partial charge is 0.341 e. The van der Waals surface area contributed by atoms with Crippen molar-refractivity contribution in [3.63, 3.8) is 0 Å². The highest BCUT2D eigenvalue weighted by Gasteiger charge is 2.20. The van der Waals surface area contributed by atoms with Crippen molar-refractivity contribution < 1.29 is 0 Å². The zero-order valence-corrected chi connectivity index (χ0v) is 8.33. The van der Waals surface area contributed by atoms with Gasteiger partial charge in [-0.25, -0.2) is 9.97 Å². The lowest BCUT2D eigenvalue weighted by Gasteiger charge is -2.14. The minimum absolute atomic E-state index is 0.594. The molecule has 1 atom stereocenters. The van der Waals surface area contributed by atoms with Crippen LogP contribution in [0.2, 0.25) is 5.02 Å². The summed E-state index contributed by atoms with van der Waals surface area (Å²) in [4.78, 5) is 10.6. The number of halogens is 1. The van der Waals surface area contributed by atoms with Gasteiger partial charge in [-0.3, -0.25) is 0 Å². The van der Waals surface area contributed by atoms with E-state index in [4.69, 9.17) is 11.6 Å². The topological polar surface area (TPSA) is 29.0 Å². The first kappa shape index (κ1) is 8.75. The van der Waals surface area contributed by atoms with Crippen LogP contribution in [0.25, 0.3) is 0 Å². The molecule has 0 N–H and O–H groups in total. The summed E-state index contributed by atoms with van der Waals surface area (Å²) in [6, 6.07) is 0. The average molecular weight is 198 g/mol. The fraction of sp³-hybridized carbons (Fsp3) is 0.556. The van der Waals surface area contributed by atoms with Gasteiger partial charge in [0.25, 0.3) is 0 Å². The Balaban J connectivity index is 2.13. The third kappa shape index (κ3) is 1.91. The number of hydrogen-bond donors (Lipinski definition) is 0. The monoisotopic (exact) mass is 197 g/mol. The highest BCUT2D eigenvalue weighted by molar-refractivity contribution is 6.30. The highest BCUT2D eigenvalue weighted by Crippen LogP contribution is 2.20. The molecule has 1 aromatic rings. The van der Waals surface area contributed by atoms with Gasteiger partial charge in [-0.05, 0) is 12.3 Å². The maximum atomic E-state index is 5.70. The predicted octanol–water partition coefficient (Wildman–Crippen LogP) is 1.98. The van der Waals surface area contributed by atoms with Crippen molar-refractivity contribution in [1.82, 2.24) is 9.97 Å². The Hall–Kier alpha value is -0.830. The molecule has 2 heterocycles. The predicted molar refractivity (Wildman–Crippen MR) is 53.0 cm³/mol. The van der Waals surface area contributed by atoms with Crippen LogP contribution in [-0.4, -0.2) is 23.1 Å². The van der Waals surface area contributed by atoms with Crippen molar-refractivity contribution in [3.05, 3.63) is 17.4 Å². The van der Waals surface area contributed by atoms with Crippen molar-refractivity contribution in [2.45, 2.75) is 13.3 Å². The summed E-state index contributed by atoms with van der Waals surface area (Å²) < 4.78 is 0. The molecule has 0 aromatic carbocycles. The maximum Gasteiger partial charge on any atom is 0.225 e. The van der Waals surface area contributed by atoms with Gasteiger partial charge in [0, 0.05) is 13.1 Å². The van der Waals surface area contributed by atoms with Crippen molar-refractivity contribution in [3.8, 4) is 0 Å². The SMILES string of the molecule is CC1CCN(c2ncc(Cl)cn2)C1. The van der Waals surface area contributed by atoms with E-state index in [2.05, 4.69) is 21.8 Å². The third-order valence-electron chi connectivity index (χ3n) is 2.31. The van der Waals surface area contributed by atoms with Crippen LogP contribution >= 0.6 is 11.6 Å². The quantitative estimate of drug-likeness (QED) is 0.690. The van der Waals surface area contributed by atoms with Crippen LogP contribution in [-0.2, 0) is 0 Å². The molecule has 1 saturated heterocycles. The van der Waals surface area contributed by atoms with E-state index < -0.39 is 0 Å². The second kappa shape index (κ2) is 3.50. The van der Waals surface area contributed by atoms with E-state index in [1.165, 1.54) is 6.42 Å². The summed E-state index contributed by atoms with van der Waals surface area (Å²) in [5.74, 6) is 1.55. The molecule has 2 rings (SSSR count). The molecule has 1 unspecified atom stereocenters. The molecule has 1 fully saturated rings. The summed E-state index contributed by atoms with van der Waals surface area (Å²) >= 11 is 5.70. The summed E-state index contributed by atoms with van der Waals surface area (Å²) in [5, 5.41) is 0.594. The molecular weight excluding hydrogens is 186 g/mol. The molecule has 13 heavy (non-hydrogen) atoms. The molecule has 1 aliphatic rings. The number of hydrogen-bond acceptors (Lipinski definition) is 3. The van der Waals surface area contributed by atoms with Gasteiger partial charge in [0.05, 0.1) is 17.4 Å². The second-order valence-corrected chi connectivity index (χ2v) is 3.98. The lowest BCUT2D eigenvalue weighted by molar-refractivity contribution is 0.658. The first-order valence-corrected chi connectivity index (χ1v) is 4.86. The van der Waals surface area contributed by atoms with E-state index in [9.17, 15) is 0 Å². The van der Waals surface area contributed by atoms with Crippen molar-refractivity contribution in [2.75, 3.05) is 18.0 Å². The van der Waals surface area contributed by atoms with Gasteiger partial charge in [0.2, 0.25) is 5.95 Å². The number of rotatable bonds is 1. The summed E-state index contributed by atoms with van der Waals surface area (Å²) in [7, 11) is 0. The van der Waals surface area contributed by atoms with Crippen molar-refractivity contribution in [2.24, 2.45) is 5.92 Å². The van der Waals surface area contributed by atoms with E-state index >= 15 is 0 Å². The van der Waals surface area contributed by atoms with Gasteiger partial charge in [-0.2, -0.15) is 0 Å². The molecule has 0 radical (unpaired) electrons. The van der Waals surface area contributed by atoms with Gasteiger partial charge < -0.3 is 4.90 Å². The standard InChI is InChI=1S/C9H12ClN3/c1-7-2-3-13(6-7)9-11-4-8(10)5-12-9/h4-5,7H,2-3,6H2,1H3. The van der Waals surface area contributed by atoms with Crippen LogP contribution < -0.4 is 4.90 Å². The molecule has 1 aromatic heterocycles. The first-order valence-electron chi connectivity index (χ1n) is 4.48. The summed E-state index contributed by atoms with van der Waals surface area (Å²) in [5.41, 5.74) is 0. The number of nitrogens with zero attached hydrogens (tertiary/aromatic N) is 3. The molecule has 3 nitrogen and oxygen atoms in total. The summed E-state index contributed by atoms with van der Waals surface area (Å²) in [6.45, 7) is 4.36. The summed E-state index contributed by atoms with van der Waals surface area (Å²) in [6.07, 6.45) is 4.52. The molecule has 1 aliphatic heterocycles. The van der Waals surface area contributed by atoms with E-state index in [1.807, 2.05) is 0 Å². The molecular formula is C9H12ClN3. The smallest absolute Gasteiger partial charge is 0.225 e. The molecule has 0 spiro atoms. The van der Waals surface area contributed by atoms with E-state index in [1.54, 1.807) is 12.4 Å².